The molecule has 0 saturated carbocycles. The smallest absolute Gasteiger partial charge is 0.239 e. The van der Waals surface area contributed by atoms with E-state index in [-0.39, 0.29) is 12.5 Å². The highest BCUT2D eigenvalue weighted by molar-refractivity contribution is 7.17. The Morgan fingerprint density at radius 3 is 3.00 bits per heavy atom. The lowest BCUT2D eigenvalue weighted by molar-refractivity contribution is -0.119. The molecule has 2 heterocycles. The number of amides is 1. The fourth-order valence-electron chi connectivity index (χ4n) is 1.71. The number of nitrogens with two attached hydrogens (primary N) is 1. The number of carbonyl (C=O) groups is 1. The predicted molar refractivity (Wildman–Crippen MR) is 77.2 cm³/mol. The molecule has 4 N–H and O–H groups in total. The second-order valence-corrected chi connectivity index (χ2v) is 4.88. The minimum atomic E-state index is -0.0458. The van der Waals surface area contributed by atoms with Gasteiger partial charge in [-0.15, -0.1) is 11.3 Å². The Morgan fingerprint density at radius 1 is 1.53 bits per heavy atom. The van der Waals surface area contributed by atoms with Crippen molar-refractivity contribution in [1.29, 1.82) is 0 Å². The maximum absolute atomic E-state index is 11.6. The average Bonchev–Trinajstić information content (AvgIpc) is 2.85. The molecule has 7 nitrogen and oxygen atoms in total. The van der Waals surface area contributed by atoms with Gasteiger partial charge in [0, 0.05) is 13.6 Å². The van der Waals surface area contributed by atoms with E-state index in [0.717, 1.165) is 10.2 Å². The molecule has 0 radical (unpaired) electrons. The Kier molecular flexibility index (Phi) is 4.13. The Morgan fingerprint density at radius 2 is 2.32 bits per heavy atom. The quantitative estimate of drug-likeness (QED) is 0.547. The second kappa shape index (κ2) is 5.81. The first kappa shape index (κ1) is 13.5. The van der Waals surface area contributed by atoms with Crippen LogP contribution in [-0.2, 0) is 4.79 Å². The maximum atomic E-state index is 11.6. The van der Waals surface area contributed by atoms with E-state index in [2.05, 4.69) is 20.7 Å². The number of likely N-dealkylation sites (N-methyl/N-ethyl adjacent to an activating group) is 2. The van der Waals surface area contributed by atoms with Crippen molar-refractivity contribution in [3.8, 4) is 0 Å². The zero-order chi connectivity index (χ0) is 13.8. The molecule has 2 rings (SSSR count). The summed E-state index contributed by atoms with van der Waals surface area (Å²) in [7, 11) is 1.82. The largest absolute Gasteiger partial charge is 0.355 e. The highest BCUT2D eigenvalue weighted by Crippen LogP contribution is 2.29. The Balaban J connectivity index is 2.32. The number of fused-ring (bicyclic) bond motifs is 1. The van der Waals surface area contributed by atoms with Crippen molar-refractivity contribution in [3.63, 3.8) is 0 Å². The molecule has 8 heteroatoms. The summed E-state index contributed by atoms with van der Waals surface area (Å²) in [5.41, 5.74) is 3.25. The molecule has 19 heavy (non-hydrogen) atoms. The number of carbonyl (C=O) groups excluding carboxylic acids is 1. The molecule has 102 valence electrons. The molecule has 0 bridgehead atoms. The number of nitrogens with one attached hydrogen (secondary N) is 2. The summed E-state index contributed by atoms with van der Waals surface area (Å²) in [4.78, 5) is 22.0. The molecule has 0 atom stereocenters. The van der Waals surface area contributed by atoms with Crippen molar-refractivity contribution in [2.75, 3.05) is 30.5 Å². The number of anilines is 2. The van der Waals surface area contributed by atoms with Crippen molar-refractivity contribution in [3.05, 3.63) is 11.4 Å². The van der Waals surface area contributed by atoms with Gasteiger partial charge in [-0.1, -0.05) is 0 Å². The fraction of sp³-hybridized carbons (Fsp3) is 0.364. The van der Waals surface area contributed by atoms with Gasteiger partial charge < -0.3 is 10.2 Å². The molecule has 0 aliphatic carbocycles. The Hall–Kier alpha value is -1.93. The van der Waals surface area contributed by atoms with Crippen LogP contribution in [0.4, 0.5) is 11.8 Å². The van der Waals surface area contributed by atoms with E-state index >= 15 is 0 Å². The molecule has 0 aliphatic heterocycles. The minimum Gasteiger partial charge on any atom is -0.355 e. The number of thiophene rings is 1. The SMILES string of the molecule is CCNC(=O)CN(C)c1nc(NN)nc2ccsc12. The summed E-state index contributed by atoms with van der Waals surface area (Å²) in [6.07, 6.45) is 0. The lowest BCUT2D eigenvalue weighted by atomic mass is 10.4. The number of hydrogen-bond donors (Lipinski definition) is 3. The van der Waals surface area contributed by atoms with Gasteiger partial charge in [-0.25, -0.2) is 10.8 Å². The van der Waals surface area contributed by atoms with Crippen molar-refractivity contribution in [2.45, 2.75) is 6.92 Å². The normalized spacial score (nSPS) is 10.5. The lowest BCUT2D eigenvalue weighted by Gasteiger charge is -2.18. The van der Waals surface area contributed by atoms with E-state index in [9.17, 15) is 4.79 Å². The molecule has 2 aromatic heterocycles. The molecule has 0 unspecified atom stereocenters. The third-order valence-electron chi connectivity index (χ3n) is 2.53. The van der Waals surface area contributed by atoms with Crippen LogP contribution in [0.15, 0.2) is 11.4 Å². The van der Waals surface area contributed by atoms with Gasteiger partial charge in [0.25, 0.3) is 0 Å². The van der Waals surface area contributed by atoms with Gasteiger partial charge >= 0.3 is 0 Å². The monoisotopic (exact) mass is 280 g/mol. The van der Waals surface area contributed by atoms with Crippen LogP contribution >= 0.6 is 11.3 Å². The molecular formula is C11H16N6OS. The van der Waals surface area contributed by atoms with Crippen LogP contribution in [0.3, 0.4) is 0 Å². The van der Waals surface area contributed by atoms with Gasteiger partial charge in [0.1, 0.15) is 0 Å². The van der Waals surface area contributed by atoms with Gasteiger partial charge in [0.15, 0.2) is 5.82 Å². The topological polar surface area (TPSA) is 96.2 Å². The van der Waals surface area contributed by atoms with Crippen LogP contribution in [0.25, 0.3) is 10.2 Å². The third kappa shape index (κ3) is 2.91. The first-order valence-corrected chi connectivity index (χ1v) is 6.73. The van der Waals surface area contributed by atoms with Gasteiger partial charge in [-0.2, -0.15) is 4.98 Å². The van der Waals surface area contributed by atoms with Crippen molar-refractivity contribution >= 4 is 39.2 Å². The van der Waals surface area contributed by atoms with Gasteiger partial charge in [0.2, 0.25) is 11.9 Å². The van der Waals surface area contributed by atoms with Crippen LogP contribution in [0, 0.1) is 0 Å². The van der Waals surface area contributed by atoms with E-state index in [1.165, 1.54) is 11.3 Å². The number of aromatic nitrogens is 2. The second-order valence-electron chi connectivity index (χ2n) is 3.96. The number of nitrogen functional groups attached to an aromatic ring is 1. The Labute approximate surface area is 114 Å². The van der Waals surface area contributed by atoms with E-state index < -0.39 is 0 Å². The molecule has 2 aromatic rings. The van der Waals surface area contributed by atoms with Gasteiger partial charge in [-0.3, -0.25) is 10.2 Å². The summed E-state index contributed by atoms with van der Waals surface area (Å²) in [5.74, 6) is 6.34. The van der Waals surface area contributed by atoms with E-state index in [4.69, 9.17) is 5.84 Å². The standard InChI is InChI=1S/C11H16N6OS/c1-3-13-8(18)6-17(2)10-9-7(4-5-19-9)14-11(15-10)16-12/h4-5H,3,6,12H2,1-2H3,(H,13,18)(H,14,15,16). The van der Waals surface area contributed by atoms with Crippen LogP contribution in [0.5, 0.6) is 0 Å². The molecule has 0 saturated heterocycles. The molecule has 0 aliphatic rings. The van der Waals surface area contributed by atoms with E-state index in [1.54, 1.807) is 4.90 Å². The zero-order valence-electron chi connectivity index (χ0n) is 10.8. The number of hydrazine groups is 1. The first-order chi connectivity index (χ1) is 9.15. The third-order valence-corrected chi connectivity index (χ3v) is 3.43. The summed E-state index contributed by atoms with van der Waals surface area (Å²) < 4.78 is 0.936. The maximum Gasteiger partial charge on any atom is 0.239 e. The molecule has 0 aromatic carbocycles. The van der Waals surface area contributed by atoms with Crippen LogP contribution in [0.1, 0.15) is 6.92 Å². The summed E-state index contributed by atoms with van der Waals surface area (Å²) in [6, 6.07) is 1.89. The lowest BCUT2D eigenvalue weighted by Crippen LogP contribution is -2.35. The highest BCUT2D eigenvalue weighted by Gasteiger charge is 2.14. The summed E-state index contributed by atoms with van der Waals surface area (Å²) in [5, 5.41) is 4.69. The van der Waals surface area contributed by atoms with Crippen molar-refractivity contribution in [1.82, 2.24) is 15.3 Å². The summed E-state index contributed by atoms with van der Waals surface area (Å²) >= 11 is 1.53. The van der Waals surface area contributed by atoms with Crippen molar-refractivity contribution in [2.24, 2.45) is 5.84 Å². The highest BCUT2D eigenvalue weighted by atomic mass is 32.1. The van der Waals surface area contributed by atoms with E-state index in [0.29, 0.717) is 18.3 Å². The zero-order valence-corrected chi connectivity index (χ0v) is 11.6. The molecule has 1 amide bonds. The van der Waals surface area contributed by atoms with Crippen LogP contribution in [-0.4, -0.2) is 36.0 Å². The minimum absolute atomic E-state index is 0.0458. The van der Waals surface area contributed by atoms with Crippen LogP contribution < -0.4 is 21.5 Å². The van der Waals surface area contributed by atoms with Gasteiger partial charge in [-0.05, 0) is 18.4 Å². The number of nitrogens with zero attached hydrogens (tertiary/aromatic N) is 3. The molecular weight excluding hydrogens is 264 g/mol. The average molecular weight is 280 g/mol. The molecule has 0 fully saturated rings. The Bertz CT molecular complexity index is 584. The van der Waals surface area contributed by atoms with Gasteiger partial charge in [0.05, 0.1) is 16.8 Å². The number of hydrogen-bond acceptors (Lipinski definition) is 7. The van der Waals surface area contributed by atoms with E-state index in [1.807, 2.05) is 25.4 Å². The van der Waals surface area contributed by atoms with Crippen molar-refractivity contribution < 1.29 is 4.79 Å². The summed E-state index contributed by atoms with van der Waals surface area (Å²) in [6.45, 7) is 2.73. The fourth-order valence-corrected chi connectivity index (χ4v) is 2.59. The number of rotatable bonds is 5. The predicted octanol–water partition coefficient (Wildman–Crippen LogP) is 0.549. The first-order valence-electron chi connectivity index (χ1n) is 5.85. The molecule has 0 spiro atoms. The van der Waals surface area contributed by atoms with Crippen LogP contribution in [0.2, 0.25) is 0 Å².